The van der Waals surface area contributed by atoms with Gasteiger partial charge in [-0.2, -0.15) is 0 Å². The summed E-state index contributed by atoms with van der Waals surface area (Å²) < 4.78 is 6.42. The minimum absolute atomic E-state index is 0.0608. The van der Waals surface area contributed by atoms with Crippen LogP contribution in [0.1, 0.15) is 73.4 Å². The van der Waals surface area contributed by atoms with Crippen LogP contribution in [-0.4, -0.2) is 0 Å². The van der Waals surface area contributed by atoms with E-state index in [0.717, 1.165) is 40.3 Å². The molecular weight excluding hydrogens is 773 g/mol. The van der Waals surface area contributed by atoms with Gasteiger partial charge in [0.05, 0.1) is 0 Å². The third-order valence-electron chi connectivity index (χ3n) is 15.8. The Hall–Kier alpha value is -6.70. The van der Waals surface area contributed by atoms with Gasteiger partial charge in [0.25, 0.3) is 0 Å². The number of hydrogen-bond acceptors (Lipinski definition) is 1. The zero-order valence-corrected chi connectivity index (χ0v) is 37.3. The number of para-hydroxylation sites is 2. The maximum Gasteiger partial charge on any atom is 0.143 e. The van der Waals surface area contributed by atoms with Gasteiger partial charge in [-0.25, -0.2) is 0 Å². The third kappa shape index (κ3) is 6.27. The van der Waals surface area contributed by atoms with Crippen LogP contribution in [0.5, 0.6) is 0 Å². The van der Waals surface area contributed by atoms with Crippen molar-refractivity contribution in [2.75, 3.05) is 0 Å². The summed E-state index contributed by atoms with van der Waals surface area (Å²) in [4.78, 5) is 0. The molecule has 1 saturated carbocycles. The van der Waals surface area contributed by atoms with Crippen LogP contribution in [0, 0.1) is 29.1 Å². The van der Waals surface area contributed by atoms with Gasteiger partial charge in [-0.1, -0.05) is 216 Å². The Morgan fingerprint density at radius 1 is 0.516 bits per heavy atom. The van der Waals surface area contributed by atoms with Crippen molar-refractivity contribution < 1.29 is 4.42 Å². The van der Waals surface area contributed by atoms with Crippen LogP contribution in [0.2, 0.25) is 0 Å². The Balaban J connectivity index is 0.874. The van der Waals surface area contributed by atoms with Gasteiger partial charge in [0.15, 0.2) is 0 Å². The molecule has 4 aliphatic rings. The highest BCUT2D eigenvalue weighted by atomic mass is 16.3. The van der Waals surface area contributed by atoms with Crippen LogP contribution >= 0.6 is 0 Å². The number of rotatable bonds is 8. The van der Waals surface area contributed by atoms with Gasteiger partial charge < -0.3 is 4.42 Å². The van der Waals surface area contributed by atoms with E-state index in [9.17, 15) is 0 Å². The van der Waals surface area contributed by atoms with E-state index in [4.69, 9.17) is 4.42 Å². The van der Waals surface area contributed by atoms with Crippen molar-refractivity contribution in [1.29, 1.82) is 0 Å². The van der Waals surface area contributed by atoms with E-state index in [1.54, 1.807) is 0 Å². The van der Waals surface area contributed by atoms with Crippen molar-refractivity contribution in [2.24, 2.45) is 29.1 Å². The van der Waals surface area contributed by atoms with Crippen LogP contribution in [-0.2, 0) is 11.8 Å². The Labute approximate surface area is 378 Å². The van der Waals surface area contributed by atoms with Gasteiger partial charge in [-0.05, 0) is 121 Å². The Morgan fingerprint density at radius 2 is 1.20 bits per heavy atom. The molecule has 1 fully saturated rings. The van der Waals surface area contributed by atoms with Crippen molar-refractivity contribution in [2.45, 2.75) is 51.9 Å². The maximum absolute atomic E-state index is 6.42. The standard InChI is InChI=1S/C63H54O/c1-62(2)57-24-9-6-19-51(57)55-38-45(32-35-58(55)62)43-15-11-14-42(36-43)44-16-12-17-46(37-44)48(47-31-34-52-50-18-5-8-23-56(50)63(3,4)59(52)39-47)33-28-40-26-29-41(30-27-40)49-21-13-22-54-53-20-7-10-25-60(53)64-61(49)54/h5-27,29-32,34-39,48,51,55,57-58H,28,33H2,1-4H3. The molecule has 12 rings (SSSR count). The summed E-state index contributed by atoms with van der Waals surface area (Å²) in [6.45, 7) is 9.71. The van der Waals surface area contributed by atoms with Crippen LogP contribution in [0.25, 0.3) is 60.9 Å². The number of allylic oxidation sites excluding steroid dienone is 8. The van der Waals surface area contributed by atoms with Crippen LogP contribution in [0.4, 0.5) is 0 Å². The maximum atomic E-state index is 6.42. The highest BCUT2D eigenvalue weighted by Gasteiger charge is 2.52. The summed E-state index contributed by atoms with van der Waals surface area (Å²) in [5.41, 5.74) is 19.2. The molecule has 0 bridgehead atoms. The van der Waals surface area contributed by atoms with Gasteiger partial charge in [0.1, 0.15) is 11.2 Å². The molecule has 1 heteroatoms. The Kier molecular flexibility index (Phi) is 9.10. The molecule has 0 N–H and O–H groups in total. The first-order valence-corrected chi connectivity index (χ1v) is 23.4. The van der Waals surface area contributed by atoms with E-state index in [1.165, 1.54) is 66.8 Å². The first-order chi connectivity index (χ1) is 31.2. The average molecular weight is 827 g/mol. The second kappa shape index (κ2) is 15.0. The second-order valence-corrected chi connectivity index (χ2v) is 20.0. The summed E-state index contributed by atoms with van der Waals surface area (Å²) in [6.07, 6.45) is 18.9. The smallest absolute Gasteiger partial charge is 0.143 e. The number of furan rings is 1. The monoisotopic (exact) mass is 826 g/mol. The van der Waals surface area contributed by atoms with E-state index in [-0.39, 0.29) is 16.7 Å². The molecule has 0 aliphatic heterocycles. The summed E-state index contributed by atoms with van der Waals surface area (Å²) in [7, 11) is 0. The molecule has 312 valence electrons. The summed E-state index contributed by atoms with van der Waals surface area (Å²) in [5, 5.41) is 2.33. The van der Waals surface area contributed by atoms with Crippen LogP contribution < -0.4 is 0 Å². The van der Waals surface area contributed by atoms with Gasteiger partial charge in [-0.3, -0.25) is 0 Å². The summed E-state index contributed by atoms with van der Waals surface area (Å²) in [5.74, 6) is 2.40. The molecule has 1 heterocycles. The molecule has 5 atom stereocenters. The molecular formula is C63H54O. The van der Waals surface area contributed by atoms with Gasteiger partial charge in [0, 0.05) is 27.7 Å². The summed E-state index contributed by atoms with van der Waals surface area (Å²) in [6, 6.07) is 59.0. The zero-order chi connectivity index (χ0) is 43.2. The second-order valence-electron chi connectivity index (χ2n) is 20.0. The van der Waals surface area contributed by atoms with Crippen molar-refractivity contribution in [3.8, 4) is 33.4 Å². The molecule has 7 aromatic carbocycles. The minimum atomic E-state index is -0.0608. The number of benzene rings is 7. The van der Waals surface area contributed by atoms with E-state index in [1.807, 2.05) is 6.07 Å². The Bertz CT molecular complexity index is 3250. The predicted molar refractivity (Wildman–Crippen MR) is 268 cm³/mol. The van der Waals surface area contributed by atoms with Crippen LogP contribution in [0.3, 0.4) is 0 Å². The van der Waals surface area contributed by atoms with E-state index in [0.29, 0.717) is 23.7 Å². The highest BCUT2D eigenvalue weighted by Crippen LogP contribution is 2.59. The highest BCUT2D eigenvalue weighted by molar-refractivity contribution is 6.09. The SMILES string of the molecule is CC1(C)c2ccccc2-c2ccc(C(CCc3ccc(-c4cccc5c4oc4ccccc45)cc3)c3cccc(-c4cccc(C5=CC6C7C=CC=CC7C(C)(C)C6C=C5)c4)c3)cc21. The molecule has 5 unspecified atom stereocenters. The third-order valence-corrected chi connectivity index (χ3v) is 15.8. The van der Waals surface area contributed by atoms with Crippen molar-refractivity contribution >= 4 is 27.5 Å². The van der Waals surface area contributed by atoms with Crippen molar-refractivity contribution in [3.05, 3.63) is 234 Å². The summed E-state index contributed by atoms with van der Waals surface area (Å²) >= 11 is 0. The number of fused-ring (bicyclic) bond motifs is 9. The largest absolute Gasteiger partial charge is 0.455 e. The fourth-order valence-corrected chi connectivity index (χ4v) is 12.4. The van der Waals surface area contributed by atoms with Gasteiger partial charge >= 0.3 is 0 Å². The molecule has 0 radical (unpaired) electrons. The molecule has 4 aliphatic carbocycles. The molecule has 0 amide bonds. The molecule has 0 spiro atoms. The lowest BCUT2D eigenvalue weighted by molar-refractivity contribution is 0.238. The minimum Gasteiger partial charge on any atom is -0.455 e. The molecule has 64 heavy (non-hydrogen) atoms. The van der Waals surface area contributed by atoms with Gasteiger partial charge in [0.2, 0.25) is 0 Å². The lowest BCUT2D eigenvalue weighted by Crippen LogP contribution is -2.25. The molecule has 1 nitrogen and oxygen atoms in total. The first-order valence-electron chi connectivity index (χ1n) is 23.4. The number of aryl methyl sites for hydroxylation is 1. The van der Waals surface area contributed by atoms with E-state index < -0.39 is 0 Å². The molecule has 8 aromatic rings. The lowest BCUT2D eigenvalue weighted by atomic mass is 9.72. The average Bonchev–Trinajstić information content (AvgIpc) is 3.91. The van der Waals surface area contributed by atoms with Gasteiger partial charge in [-0.15, -0.1) is 0 Å². The fraction of sp³-hybridized carbons (Fsp3) is 0.206. The zero-order valence-electron chi connectivity index (χ0n) is 37.3. The molecule has 0 saturated heterocycles. The quantitative estimate of drug-likeness (QED) is 0.149. The normalized spacial score (nSPS) is 21.3. The van der Waals surface area contributed by atoms with E-state index in [2.05, 4.69) is 222 Å². The predicted octanol–water partition coefficient (Wildman–Crippen LogP) is 16.6. The fourth-order valence-electron chi connectivity index (χ4n) is 12.4. The lowest BCUT2D eigenvalue weighted by Gasteiger charge is -2.32. The first kappa shape index (κ1) is 38.9. The molecule has 1 aromatic heterocycles. The number of hydrogen-bond donors (Lipinski definition) is 0. The van der Waals surface area contributed by atoms with Crippen LogP contribution in [0.15, 0.2) is 205 Å². The van der Waals surface area contributed by atoms with Crippen molar-refractivity contribution in [3.63, 3.8) is 0 Å². The topological polar surface area (TPSA) is 13.1 Å². The Morgan fingerprint density at radius 3 is 2.09 bits per heavy atom. The van der Waals surface area contributed by atoms with Crippen molar-refractivity contribution in [1.82, 2.24) is 0 Å². The van der Waals surface area contributed by atoms with E-state index >= 15 is 0 Å².